The molecule has 264 valence electrons. The molecule has 0 aliphatic rings. The van der Waals surface area contributed by atoms with E-state index in [1.807, 2.05) is 133 Å². The van der Waals surface area contributed by atoms with Crippen molar-refractivity contribution in [1.82, 2.24) is 0 Å². The molecule has 1 aromatic heterocycles. The Bertz CT molecular complexity index is 3370. The van der Waals surface area contributed by atoms with Gasteiger partial charge in [-0.3, -0.25) is 0 Å². The molecule has 9 aromatic carbocycles. The smallest absolute Gasteiger partial charge is 0.0645 e. The molecule has 0 unspecified atom stereocenters. The fourth-order valence-corrected chi connectivity index (χ4v) is 8.55. The van der Waals surface area contributed by atoms with E-state index in [0.29, 0.717) is 22.4 Å². The lowest BCUT2D eigenvalue weighted by Gasteiger charge is -2.30. The third kappa shape index (κ3) is 6.26. The van der Waals surface area contributed by atoms with Gasteiger partial charge in [0.1, 0.15) is 0 Å². The van der Waals surface area contributed by atoms with Crippen LogP contribution in [0.15, 0.2) is 224 Å². The minimum atomic E-state index is -0.400. The number of hydrogen-bond acceptors (Lipinski definition) is 2. The Morgan fingerprint density at radius 1 is 0.339 bits per heavy atom. The average Bonchev–Trinajstić information content (AvgIpc) is 3.71. The Hall–Kier alpha value is -7.00. The summed E-state index contributed by atoms with van der Waals surface area (Å²) in [6, 6.07) is 53.0. The summed E-state index contributed by atoms with van der Waals surface area (Å²) in [5.74, 6) is 0. The first-order valence-corrected chi connectivity index (χ1v) is 19.3. The molecule has 0 fully saturated rings. The number of hydrogen-bond donors (Lipinski definition) is 0. The number of anilines is 3. The molecule has 0 N–H and O–H groups in total. The van der Waals surface area contributed by atoms with Crippen LogP contribution >= 0.6 is 11.3 Å². The van der Waals surface area contributed by atoms with Crippen molar-refractivity contribution in [2.75, 3.05) is 4.90 Å². The van der Waals surface area contributed by atoms with Gasteiger partial charge in [-0.05, 0) is 92.4 Å². The summed E-state index contributed by atoms with van der Waals surface area (Å²) >= 11 is 1.60. The molecule has 0 saturated heterocycles. The lowest BCUT2D eigenvalue weighted by atomic mass is 9.87. The molecule has 1 nitrogen and oxygen atoms in total. The second-order valence-corrected chi connectivity index (χ2v) is 14.5. The SMILES string of the molecule is [2H]c1c([2H])c(N(c2cccc(-c3ccccc3)c2-c2ccccc2-c2ccccc2)c2c([2H])c([2H])c(-c3ccc4c(c3)sc3ccccc34)c([2H])c2[2H])c([2H])c([2H])c1-c1ccccc1. The molecule has 0 saturated carbocycles. The number of fused-ring (bicyclic) bond motifs is 3. The van der Waals surface area contributed by atoms with Gasteiger partial charge in [-0.15, -0.1) is 11.3 Å². The first-order chi connectivity index (χ1) is 31.1. The predicted molar refractivity (Wildman–Crippen MR) is 241 cm³/mol. The zero-order chi connectivity index (χ0) is 44.2. The zero-order valence-corrected chi connectivity index (χ0v) is 30.9. The Labute approximate surface area is 343 Å². The van der Waals surface area contributed by atoms with Crippen LogP contribution in [0.3, 0.4) is 0 Å². The number of benzene rings is 9. The minimum absolute atomic E-state index is 0.110. The maximum Gasteiger partial charge on any atom is 0.0645 e. The summed E-state index contributed by atoms with van der Waals surface area (Å²) < 4.78 is 79.3. The largest absolute Gasteiger partial charge is 0.310 e. The third-order valence-electron chi connectivity index (χ3n) is 10.1. The van der Waals surface area contributed by atoms with Gasteiger partial charge in [0.15, 0.2) is 0 Å². The first-order valence-electron chi connectivity index (χ1n) is 22.4. The quantitative estimate of drug-likeness (QED) is 0.150. The van der Waals surface area contributed by atoms with Crippen LogP contribution < -0.4 is 4.90 Å². The van der Waals surface area contributed by atoms with Crippen molar-refractivity contribution in [3.8, 4) is 55.6 Å². The highest BCUT2D eigenvalue weighted by atomic mass is 32.1. The summed E-state index contributed by atoms with van der Waals surface area (Å²) in [5, 5.41) is 2.13. The van der Waals surface area contributed by atoms with E-state index in [-0.39, 0.29) is 46.7 Å². The molecule has 0 aliphatic carbocycles. The highest BCUT2D eigenvalue weighted by molar-refractivity contribution is 7.25. The van der Waals surface area contributed by atoms with E-state index >= 15 is 0 Å². The molecule has 0 amide bonds. The molecule has 2 heteroatoms. The highest BCUT2D eigenvalue weighted by Crippen LogP contribution is 2.48. The molecule has 10 rings (SSSR count). The van der Waals surface area contributed by atoms with Crippen molar-refractivity contribution in [3.05, 3.63) is 224 Å². The van der Waals surface area contributed by atoms with Crippen molar-refractivity contribution < 1.29 is 11.0 Å². The van der Waals surface area contributed by atoms with Crippen molar-refractivity contribution in [1.29, 1.82) is 0 Å². The summed E-state index contributed by atoms with van der Waals surface area (Å²) in [6.45, 7) is 0. The van der Waals surface area contributed by atoms with E-state index in [1.54, 1.807) is 41.7 Å². The van der Waals surface area contributed by atoms with Crippen LogP contribution in [0.2, 0.25) is 0 Å². The van der Waals surface area contributed by atoms with Gasteiger partial charge < -0.3 is 4.90 Å². The Balaban J connectivity index is 1.31. The predicted octanol–water partition coefficient (Wildman–Crippen LogP) is 15.9. The lowest BCUT2D eigenvalue weighted by Crippen LogP contribution is -2.12. The van der Waals surface area contributed by atoms with Gasteiger partial charge in [0.25, 0.3) is 0 Å². The van der Waals surface area contributed by atoms with Crippen LogP contribution in [0.1, 0.15) is 11.0 Å². The van der Waals surface area contributed by atoms with Gasteiger partial charge in [-0.2, -0.15) is 0 Å². The van der Waals surface area contributed by atoms with Gasteiger partial charge in [0.05, 0.1) is 16.7 Å². The van der Waals surface area contributed by atoms with Crippen LogP contribution in [-0.4, -0.2) is 0 Å². The third-order valence-corrected chi connectivity index (χ3v) is 11.2. The van der Waals surface area contributed by atoms with Crippen LogP contribution in [-0.2, 0) is 0 Å². The Kier molecular flexibility index (Phi) is 6.79. The normalized spacial score (nSPS) is 13.2. The highest BCUT2D eigenvalue weighted by Gasteiger charge is 2.23. The van der Waals surface area contributed by atoms with E-state index in [0.717, 1.165) is 48.0 Å². The summed E-state index contributed by atoms with van der Waals surface area (Å²) in [7, 11) is 0. The van der Waals surface area contributed by atoms with E-state index in [4.69, 9.17) is 0 Å². The van der Waals surface area contributed by atoms with Crippen LogP contribution in [0.4, 0.5) is 17.1 Å². The summed E-state index contributed by atoms with van der Waals surface area (Å²) in [5.41, 5.74) is 6.01. The van der Waals surface area contributed by atoms with Gasteiger partial charge in [-0.25, -0.2) is 0 Å². The molecule has 0 spiro atoms. The number of rotatable bonds is 8. The van der Waals surface area contributed by atoms with Crippen LogP contribution in [0, 0.1) is 0 Å². The molecule has 0 atom stereocenters. The first kappa shape index (κ1) is 25.9. The Morgan fingerprint density at radius 3 is 1.50 bits per heavy atom. The van der Waals surface area contributed by atoms with E-state index in [9.17, 15) is 11.0 Å². The second-order valence-electron chi connectivity index (χ2n) is 13.4. The zero-order valence-electron chi connectivity index (χ0n) is 38.1. The molecule has 56 heavy (non-hydrogen) atoms. The minimum Gasteiger partial charge on any atom is -0.310 e. The van der Waals surface area contributed by atoms with Crippen LogP contribution in [0.25, 0.3) is 75.8 Å². The van der Waals surface area contributed by atoms with Gasteiger partial charge >= 0.3 is 0 Å². The summed E-state index contributed by atoms with van der Waals surface area (Å²) in [4.78, 5) is 1.43. The topological polar surface area (TPSA) is 3.24 Å². The van der Waals surface area contributed by atoms with Crippen molar-refractivity contribution in [3.63, 3.8) is 0 Å². The van der Waals surface area contributed by atoms with Crippen LogP contribution in [0.5, 0.6) is 0 Å². The lowest BCUT2D eigenvalue weighted by molar-refractivity contribution is 1.28. The van der Waals surface area contributed by atoms with Gasteiger partial charge in [-0.1, -0.05) is 182 Å². The maximum atomic E-state index is 9.85. The van der Waals surface area contributed by atoms with E-state index in [2.05, 4.69) is 12.1 Å². The van der Waals surface area contributed by atoms with E-state index in [1.165, 1.54) is 4.90 Å². The van der Waals surface area contributed by atoms with Crippen molar-refractivity contribution in [2.24, 2.45) is 0 Å². The standard InChI is InChI=1S/C54H37NS/c1-4-15-38(16-5-1)39-27-32-44(33-28-39)55(45-34-29-40(30-35-45)43-31-36-49-48-22-12-13-26-52(48)56-53(49)37-43)51-25-14-24-47(42-19-8-3-9-20-42)54(51)50-23-11-10-21-46(50)41-17-6-2-7-18-41/h1-37H/i27D,28D,29D,30D,32D,33D,34D,35D. The monoisotopic (exact) mass is 739 g/mol. The molecule has 0 bridgehead atoms. The molecule has 1 heterocycles. The van der Waals surface area contributed by atoms with Crippen molar-refractivity contribution in [2.45, 2.75) is 0 Å². The summed E-state index contributed by atoms with van der Waals surface area (Å²) in [6.07, 6.45) is 0. The fraction of sp³-hybridized carbons (Fsp3) is 0. The molecule has 0 radical (unpaired) electrons. The number of nitrogens with zero attached hydrogens (tertiary/aromatic N) is 1. The van der Waals surface area contributed by atoms with Gasteiger partial charge in [0, 0.05) is 37.1 Å². The fourth-order valence-electron chi connectivity index (χ4n) is 7.40. The molecular weight excluding hydrogens is 695 g/mol. The average molecular weight is 740 g/mol. The number of thiophene rings is 1. The molecule has 0 aliphatic heterocycles. The second kappa shape index (κ2) is 14.7. The molecular formula is C54H37NS. The maximum absolute atomic E-state index is 9.85. The van der Waals surface area contributed by atoms with E-state index < -0.39 is 24.2 Å². The molecule has 10 aromatic rings. The van der Waals surface area contributed by atoms with Crippen molar-refractivity contribution >= 4 is 48.6 Å². The Morgan fingerprint density at radius 2 is 0.839 bits per heavy atom. The van der Waals surface area contributed by atoms with Gasteiger partial charge in [0.2, 0.25) is 0 Å².